The Hall–Kier alpha value is -4.70. The largest absolute Gasteiger partial charge is 0.497 e. The number of anilines is 1. The Morgan fingerprint density at radius 2 is 1.97 bits per heavy atom. The van der Waals surface area contributed by atoms with Gasteiger partial charge in [0.15, 0.2) is 0 Å². The second kappa shape index (κ2) is 9.41. The quantitative estimate of drug-likeness (QED) is 0.366. The van der Waals surface area contributed by atoms with E-state index in [1.54, 1.807) is 54.6 Å². The normalized spacial score (nSPS) is 10.9. The first-order chi connectivity index (χ1) is 15.7. The van der Waals surface area contributed by atoms with Crippen molar-refractivity contribution in [3.8, 4) is 28.8 Å². The van der Waals surface area contributed by atoms with Crippen molar-refractivity contribution >= 4 is 17.7 Å². The van der Waals surface area contributed by atoms with E-state index in [-0.39, 0.29) is 5.57 Å². The first kappa shape index (κ1) is 20.6. The molecule has 0 radical (unpaired) electrons. The Balaban J connectivity index is 1.72. The van der Waals surface area contributed by atoms with E-state index in [4.69, 9.17) is 4.74 Å². The van der Waals surface area contributed by atoms with Gasteiger partial charge in [-0.3, -0.25) is 9.78 Å². The fourth-order valence-corrected chi connectivity index (χ4v) is 3.14. The average molecular weight is 421 g/mol. The van der Waals surface area contributed by atoms with E-state index >= 15 is 0 Å². The molecule has 0 aliphatic rings. The summed E-state index contributed by atoms with van der Waals surface area (Å²) in [6.45, 7) is 0. The molecule has 7 nitrogen and oxygen atoms in total. The second-order valence-electron chi connectivity index (χ2n) is 6.81. The summed E-state index contributed by atoms with van der Waals surface area (Å²) in [5, 5.41) is 17.1. The van der Waals surface area contributed by atoms with Gasteiger partial charge in [-0.2, -0.15) is 10.4 Å². The molecule has 1 N–H and O–H groups in total. The van der Waals surface area contributed by atoms with Crippen molar-refractivity contribution in [2.24, 2.45) is 0 Å². The highest BCUT2D eigenvalue weighted by molar-refractivity contribution is 6.10. The van der Waals surface area contributed by atoms with Crippen LogP contribution in [0.2, 0.25) is 0 Å². The van der Waals surface area contributed by atoms with E-state index in [1.807, 2.05) is 48.5 Å². The number of rotatable bonds is 6. The molecular formula is C25H19N5O2. The molecule has 2 aromatic heterocycles. The third kappa shape index (κ3) is 4.55. The van der Waals surface area contributed by atoms with Crippen LogP contribution in [-0.2, 0) is 4.79 Å². The number of aromatic nitrogens is 3. The van der Waals surface area contributed by atoms with Crippen molar-refractivity contribution < 1.29 is 9.53 Å². The molecule has 2 heterocycles. The van der Waals surface area contributed by atoms with Gasteiger partial charge in [0, 0.05) is 41.5 Å². The highest BCUT2D eigenvalue weighted by atomic mass is 16.5. The summed E-state index contributed by atoms with van der Waals surface area (Å²) >= 11 is 0. The first-order valence-electron chi connectivity index (χ1n) is 9.80. The minimum Gasteiger partial charge on any atom is -0.497 e. The zero-order valence-corrected chi connectivity index (χ0v) is 17.3. The number of hydrogen-bond acceptors (Lipinski definition) is 5. The Kier molecular flexibility index (Phi) is 6.05. The fraction of sp³-hybridized carbons (Fsp3) is 0.0400. The number of nitrogens with zero attached hydrogens (tertiary/aromatic N) is 4. The molecule has 0 aliphatic carbocycles. The van der Waals surface area contributed by atoms with Crippen LogP contribution in [0.1, 0.15) is 5.56 Å². The minimum absolute atomic E-state index is 0.0504. The van der Waals surface area contributed by atoms with Crippen LogP contribution in [0.25, 0.3) is 23.0 Å². The van der Waals surface area contributed by atoms with Crippen LogP contribution in [-0.4, -0.2) is 27.8 Å². The number of amides is 1. The van der Waals surface area contributed by atoms with Crippen LogP contribution in [0.3, 0.4) is 0 Å². The molecule has 4 rings (SSSR count). The number of para-hydroxylation sites is 1. The van der Waals surface area contributed by atoms with Gasteiger partial charge < -0.3 is 10.1 Å². The number of benzene rings is 2. The van der Waals surface area contributed by atoms with Gasteiger partial charge in [-0.05, 0) is 42.5 Å². The second-order valence-corrected chi connectivity index (χ2v) is 6.81. The molecule has 0 fully saturated rings. The predicted molar refractivity (Wildman–Crippen MR) is 122 cm³/mol. The molecule has 0 saturated heterocycles. The van der Waals surface area contributed by atoms with Crippen LogP contribution >= 0.6 is 0 Å². The third-order valence-electron chi connectivity index (χ3n) is 4.69. The van der Waals surface area contributed by atoms with Crippen molar-refractivity contribution in [2.45, 2.75) is 0 Å². The number of hydrogen-bond donors (Lipinski definition) is 1. The summed E-state index contributed by atoms with van der Waals surface area (Å²) in [6, 6.07) is 22.2. The van der Waals surface area contributed by atoms with Crippen LogP contribution in [0.4, 0.5) is 5.69 Å². The Morgan fingerprint density at radius 1 is 1.12 bits per heavy atom. The molecule has 0 atom stereocenters. The van der Waals surface area contributed by atoms with Crippen LogP contribution < -0.4 is 10.1 Å². The van der Waals surface area contributed by atoms with Crippen LogP contribution in [0, 0.1) is 11.3 Å². The van der Waals surface area contributed by atoms with E-state index in [0.717, 1.165) is 11.3 Å². The number of ether oxygens (including phenoxy) is 1. The molecule has 0 saturated carbocycles. The highest BCUT2D eigenvalue weighted by Crippen LogP contribution is 2.25. The monoisotopic (exact) mass is 421 g/mol. The van der Waals surface area contributed by atoms with E-state index < -0.39 is 5.91 Å². The maximum Gasteiger partial charge on any atom is 0.266 e. The summed E-state index contributed by atoms with van der Waals surface area (Å²) in [4.78, 5) is 17.0. The number of methoxy groups -OCH3 is 1. The van der Waals surface area contributed by atoms with Gasteiger partial charge in [0.25, 0.3) is 5.91 Å². The number of carbonyl (C=O) groups excluding carboxylic acids is 1. The highest BCUT2D eigenvalue weighted by Gasteiger charge is 2.15. The lowest BCUT2D eigenvalue weighted by atomic mass is 10.1. The van der Waals surface area contributed by atoms with Crippen LogP contribution in [0.5, 0.6) is 5.75 Å². The maximum absolute atomic E-state index is 12.8. The lowest BCUT2D eigenvalue weighted by molar-refractivity contribution is -0.112. The summed E-state index contributed by atoms with van der Waals surface area (Å²) in [6.07, 6.45) is 6.69. The molecule has 2 aromatic carbocycles. The van der Waals surface area contributed by atoms with Gasteiger partial charge in [-0.1, -0.05) is 24.3 Å². The molecule has 0 bridgehead atoms. The van der Waals surface area contributed by atoms with Crippen molar-refractivity contribution in [1.29, 1.82) is 5.26 Å². The molecule has 4 aromatic rings. The maximum atomic E-state index is 12.8. The number of nitriles is 1. The minimum atomic E-state index is -0.523. The SMILES string of the molecule is COc1cccc(NC(=O)/C(C#N)=C/c2cn(-c3ccccc3)nc2-c2cccnc2)c1. The van der Waals surface area contributed by atoms with E-state index in [9.17, 15) is 10.1 Å². The number of carbonyl (C=O) groups is 1. The summed E-state index contributed by atoms with van der Waals surface area (Å²) in [5.74, 6) is 0.0821. The summed E-state index contributed by atoms with van der Waals surface area (Å²) < 4.78 is 6.89. The Morgan fingerprint density at radius 3 is 2.69 bits per heavy atom. The van der Waals surface area contributed by atoms with Gasteiger partial charge in [-0.25, -0.2) is 4.68 Å². The lowest BCUT2D eigenvalue weighted by Crippen LogP contribution is -2.13. The van der Waals surface area contributed by atoms with Crippen molar-refractivity contribution in [3.05, 3.63) is 96.5 Å². The van der Waals surface area contributed by atoms with Gasteiger partial charge in [0.2, 0.25) is 0 Å². The van der Waals surface area contributed by atoms with Gasteiger partial charge in [0.1, 0.15) is 23.1 Å². The van der Waals surface area contributed by atoms with E-state index in [2.05, 4.69) is 15.4 Å². The molecule has 0 unspecified atom stereocenters. The van der Waals surface area contributed by atoms with Crippen LogP contribution in [0.15, 0.2) is 90.9 Å². The van der Waals surface area contributed by atoms with Crippen molar-refractivity contribution in [3.63, 3.8) is 0 Å². The first-order valence-corrected chi connectivity index (χ1v) is 9.80. The summed E-state index contributed by atoms with van der Waals surface area (Å²) in [5.41, 5.74) is 3.35. The third-order valence-corrected chi connectivity index (χ3v) is 4.69. The number of pyridine rings is 1. The zero-order valence-electron chi connectivity index (χ0n) is 17.3. The van der Waals surface area contributed by atoms with Crippen molar-refractivity contribution in [1.82, 2.24) is 14.8 Å². The Bertz CT molecular complexity index is 1310. The van der Waals surface area contributed by atoms with Gasteiger partial charge in [0.05, 0.1) is 12.8 Å². The summed E-state index contributed by atoms with van der Waals surface area (Å²) in [7, 11) is 1.55. The fourth-order valence-electron chi connectivity index (χ4n) is 3.14. The molecule has 1 amide bonds. The van der Waals surface area contributed by atoms with E-state index in [0.29, 0.717) is 22.7 Å². The molecule has 0 spiro atoms. The van der Waals surface area contributed by atoms with Gasteiger partial charge in [-0.15, -0.1) is 0 Å². The molecule has 32 heavy (non-hydrogen) atoms. The molecular weight excluding hydrogens is 402 g/mol. The lowest BCUT2D eigenvalue weighted by Gasteiger charge is -2.06. The smallest absolute Gasteiger partial charge is 0.266 e. The van der Waals surface area contributed by atoms with Gasteiger partial charge >= 0.3 is 0 Å². The average Bonchev–Trinajstić information content (AvgIpc) is 3.27. The van der Waals surface area contributed by atoms with Crippen molar-refractivity contribution in [2.75, 3.05) is 12.4 Å². The number of nitrogens with one attached hydrogen (secondary N) is 1. The predicted octanol–water partition coefficient (Wildman–Crippen LogP) is 4.49. The standard InChI is InChI=1S/C25H19N5O2/c1-32-23-11-5-8-21(14-23)28-25(31)19(15-26)13-20-17-30(22-9-3-2-4-10-22)29-24(20)18-7-6-12-27-16-18/h2-14,16-17H,1H3,(H,28,31)/b19-13+. The molecule has 156 valence electrons. The Labute approximate surface area is 185 Å². The molecule has 0 aliphatic heterocycles. The van der Waals surface area contributed by atoms with E-state index in [1.165, 1.54) is 6.08 Å². The molecule has 7 heteroatoms. The topological polar surface area (TPSA) is 92.8 Å². The zero-order chi connectivity index (χ0) is 22.3.